The van der Waals surface area contributed by atoms with Crippen LogP contribution in [0.25, 0.3) is 10.9 Å². The fourth-order valence-electron chi connectivity index (χ4n) is 5.51. The van der Waals surface area contributed by atoms with Crippen molar-refractivity contribution in [1.82, 2.24) is 9.78 Å². The van der Waals surface area contributed by atoms with Gasteiger partial charge in [-0.3, -0.25) is 14.7 Å². The number of rotatable bonds is 9. The molecule has 0 saturated carbocycles. The van der Waals surface area contributed by atoms with E-state index in [0.717, 1.165) is 33.7 Å². The molecule has 0 aliphatic heterocycles. The quantitative estimate of drug-likeness (QED) is 0.126. The molecule has 1 aromatic heterocycles. The molecule has 0 radical (unpaired) electrons. The van der Waals surface area contributed by atoms with Crippen LogP contribution in [0, 0.1) is 5.41 Å². The minimum absolute atomic E-state index is 0. The van der Waals surface area contributed by atoms with E-state index in [4.69, 9.17) is 35.3 Å². The van der Waals surface area contributed by atoms with Gasteiger partial charge in [0.1, 0.15) is 5.69 Å². The molecule has 46 heavy (non-hydrogen) atoms. The van der Waals surface area contributed by atoms with Crippen LogP contribution < -0.4 is 0 Å². The van der Waals surface area contributed by atoms with Crippen LogP contribution in [0.5, 0.6) is 0 Å². The molecule has 1 heterocycles. The van der Waals surface area contributed by atoms with Crippen LogP contribution >= 0.6 is 20.2 Å². The zero-order chi connectivity index (χ0) is 33.5. The summed E-state index contributed by atoms with van der Waals surface area (Å²) in [5.41, 5.74) is 10.3. The molecular weight excluding hydrogens is 655 g/mol. The number of hydrogen-bond donors (Lipinski definition) is 0. The second kappa shape index (κ2) is 17.6. The van der Waals surface area contributed by atoms with Gasteiger partial charge >= 0.3 is 33.3 Å². The summed E-state index contributed by atoms with van der Waals surface area (Å²) in [4.78, 5) is 10.6. The molecule has 0 aliphatic carbocycles. The monoisotopic (exact) mass is 706 g/mol. The van der Waals surface area contributed by atoms with Gasteiger partial charge < -0.3 is 5.48 Å². The third kappa shape index (κ3) is 9.78. The fraction of sp³-hybridized carbons (Fsp3) is 0.447. The van der Waals surface area contributed by atoms with Gasteiger partial charge in [-0.25, -0.2) is 0 Å². The number of aliphatic imine (C=N–C) groups is 2. The summed E-state index contributed by atoms with van der Waals surface area (Å²) in [6.45, 7) is 25.3. The molecule has 0 amide bonds. The van der Waals surface area contributed by atoms with Crippen molar-refractivity contribution in [2.45, 2.75) is 106 Å². The molecule has 0 saturated heterocycles. The van der Waals surface area contributed by atoms with Gasteiger partial charge in [0.05, 0.1) is 29.7 Å². The molecule has 0 spiro atoms. The molecule has 2 N–H and O–H groups in total. The Hall–Kier alpha value is -2.47. The molecule has 0 aliphatic rings. The number of aromatic nitrogens is 2. The number of hydrogen-bond acceptors (Lipinski definition) is 3. The molecule has 252 valence electrons. The molecule has 4 rings (SSSR count). The summed E-state index contributed by atoms with van der Waals surface area (Å²) < 4.78 is 2.12. The molecule has 0 unspecified atom stereocenters. The van der Waals surface area contributed by atoms with Gasteiger partial charge in [0, 0.05) is 16.5 Å². The maximum absolute atomic E-state index is 5.46. The third-order valence-corrected chi connectivity index (χ3v) is 8.10. The molecule has 0 bridgehead atoms. The Kier molecular flexibility index (Phi) is 15.2. The van der Waals surface area contributed by atoms with Crippen molar-refractivity contribution in [3.05, 3.63) is 88.6 Å². The average molecular weight is 708 g/mol. The molecule has 5 nitrogen and oxygen atoms in total. The van der Waals surface area contributed by atoms with Crippen LogP contribution in [0.1, 0.15) is 128 Å². The van der Waals surface area contributed by atoms with E-state index >= 15 is 0 Å². The molecule has 8 heteroatoms. The van der Waals surface area contributed by atoms with Gasteiger partial charge in [-0.15, -0.1) is 0 Å². The summed E-state index contributed by atoms with van der Waals surface area (Å²) in [6.07, 6.45) is 1.96. The van der Waals surface area contributed by atoms with Crippen molar-refractivity contribution in [2.75, 3.05) is 0 Å². The summed E-state index contributed by atoms with van der Waals surface area (Å²) in [5, 5.41) is 6.25. The van der Waals surface area contributed by atoms with E-state index in [1.807, 2.05) is 6.21 Å². The van der Waals surface area contributed by atoms with Gasteiger partial charge in [0.15, 0.2) is 0 Å². The fourth-order valence-corrected chi connectivity index (χ4v) is 5.51. The summed E-state index contributed by atoms with van der Waals surface area (Å²) in [6, 6.07) is 21.7. The number of halogens is 2. The van der Waals surface area contributed by atoms with Crippen molar-refractivity contribution in [3.63, 3.8) is 0 Å². The van der Waals surface area contributed by atoms with E-state index in [1.165, 1.54) is 22.3 Å². The summed E-state index contributed by atoms with van der Waals surface area (Å²) >= 11 is 0.194. The number of nitrogens with zero attached hydrogens (tertiary/aromatic N) is 4. The van der Waals surface area contributed by atoms with Crippen molar-refractivity contribution in [2.24, 2.45) is 15.4 Å². The van der Waals surface area contributed by atoms with E-state index in [2.05, 4.69) is 142 Å². The Morgan fingerprint density at radius 3 is 1.61 bits per heavy atom. The topological polar surface area (TPSA) is 74.0 Å². The Balaban J connectivity index is 0.00000177. The van der Waals surface area contributed by atoms with Crippen LogP contribution in [-0.2, 0) is 19.7 Å². The van der Waals surface area contributed by atoms with Gasteiger partial charge in [-0.05, 0) is 52.0 Å². The first-order valence-electron chi connectivity index (χ1n) is 15.9. The summed E-state index contributed by atoms with van der Waals surface area (Å²) in [5.74, 6) is 1.56. The number of para-hydroxylation sites is 3. The number of benzene rings is 3. The Morgan fingerprint density at radius 2 is 1.17 bits per heavy atom. The van der Waals surface area contributed by atoms with Gasteiger partial charge in [0.25, 0.3) is 0 Å². The van der Waals surface area contributed by atoms with Crippen LogP contribution in [0.4, 0.5) is 11.4 Å². The van der Waals surface area contributed by atoms with Gasteiger partial charge in [-0.2, -0.15) is 5.10 Å². The second-order valence-corrected chi connectivity index (χ2v) is 15.7. The van der Waals surface area contributed by atoms with Crippen molar-refractivity contribution in [1.29, 1.82) is 0 Å². The van der Waals surface area contributed by atoms with E-state index in [9.17, 15) is 0 Å². The third-order valence-electron chi connectivity index (χ3n) is 8.10. The van der Waals surface area contributed by atoms with Crippen molar-refractivity contribution < 1.29 is 18.6 Å². The Morgan fingerprint density at radius 1 is 0.739 bits per heavy atom. The first kappa shape index (κ1) is 39.7. The van der Waals surface area contributed by atoms with Crippen LogP contribution in [0.15, 0.2) is 70.6 Å². The van der Waals surface area contributed by atoms with E-state index in [1.54, 1.807) is 0 Å². The average Bonchev–Trinajstić information content (AvgIpc) is 3.32. The second-order valence-electron chi connectivity index (χ2n) is 13.9. The van der Waals surface area contributed by atoms with Crippen molar-refractivity contribution >= 4 is 54.4 Å². The standard InChI is InChI=1S/C38H50N4.2ClH.Fe.H2O/c1-24(2)28-17-14-18-29(25(3)4)36(28)39-22-33-32-16-12-13-21-34(32)42(41-33)23-35(38(9,10)11)40-37-30(26(5)6)19-15-20-31(37)27(7)8;;;;/h12-22,24-27H,23H2,1-11H3;2*1H;;1H2/q;;;+2;/p-2. The predicted octanol–water partition coefficient (Wildman–Crippen LogP) is 11.7. The van der Waals surface area contributed by atoms with Crippen molar-refractivity contribution in [3.8, 4) is 0 Å². The minimum atomic E-state index is -0.137. The van der Waals surface area contributed by atoms with Gasteiger partial charge in [0.2, 0.25) is 0 Å². The predicted molar refractivity (Wildman–Crippen MR) is 198 cm³/mol. The molecule has 0 fully saturated rings. The van der Waals surface area contributed by atoms with E-state index in [0.29, 0.717) is 30.2 Å². The van der Waals surface area contributed by atoms with Crippen LogP contribution in [-0.4, -0.2) is 27.2 Å². The SMILES string of the molecule is CC(C)c1cccc(C(C)C)c1N=Cc1nn(CC(=Nc2c(C(C)C)cccc2C(C)C)C(C)(C)C)c2ccccc12.O.[Cl][Fe][Cl]. The first-order chi connectivity index (χ1) is 21.2. The van der Waals surface area contributed by atoms with Crippen LogP contribution in [0.2, 0.25) is 0 Å². The van der Waals surface area contributed by atoms with E-state index < -0.39 is 0 Å². The summed E-state index contributed by atoms with van der Waals surface area (Å²) in [7, 11) is 9.53. The number of fused-ring (bicyclic) bond motifs is 1. The Labute approximate surface area is 291 Å². The molecule has 3 aromatic carbocycles. The Bertz CT molecular complexity index is 1580. The molecule has 0 atom stereocenters. The van der Waals surface area contributed by atoms with Gasteiger partial charge in [-0.1, -0.05) is 131 Å². The first-order valence-corrected chi connectivity index (χ1v) is 18.9. The maximum atomic E-state index is 5.46. The zero-order valence-electron chi connectivity index (χ0n) is 29.3. The van der Waals surface area contributed by atoms with Crippen LogP contribution in [0.3, 0.4) is 0 Å². The normalized spacial score (nSPS) is 12.5. The zero-order valence-corrected chi connectivity index (χ0v) is 31.9. The molecular formula is C38H52Cl2FeN4O. The van der Waals surface area contributed by atoms with E-state index in [-0.39, 0.29) is 24.0 Å². The molecule has 4 aromatic rings.